The molecule has 18 heavy (non-hydrogen) atoms. The second-order valence-electron chi connectivity index (χ2n) is 5.07. The van der Waals surface area contributed by atoms with Crippen molar-refractivity contribution in [1.29, 1.82) is 0 Å². The summed E-state index contributed by atoms with van der Waals surface area (Å²) in [5.41, 5.74) is 1.99. The number of unbranched alkanes of at least 4 members (excludes halogenated alkanes) is 1. The third-order valence-electron chi connectivity index (χ3n) is 3.52. The zero-order chi connectivity index (χ0) is 13.0. The zero-order valence-corrected chi connectivity index (χ0v) is 11.5. The van der Waals surface area contributed by atoms with E-state index in [9.17, 15) is 4.79 Å². The van der Waals surface area contributed by atoms with Crippen molar-refractivity contribution in [1.82, 2.24) is 14.9 Å². The molecule has 0 fully saturated rings. The molecule has 1 aromatic rings. The average Bonchev–Trinajstić information content (AvgIpc) is 2.36. The first-order chi connectivity index (χ1) is 8.74. The number of aryl methyl sites for hydroxylation is 1. The molecule has 1 aromatic heterocycles. The Labute approximate surface area is 108 Å². The second kappa shape index (κ2) is 6.14. The molecule has 0 bridgehead atoms. The van der Waals surface area contributed by atoms with Crippen LogP contribution in [-0.4, -0.2) is 28.0 Å². The van der Waals surface area contributed by atoms with Crippen molar-refractivity contribution in [3.63, 3.8) is 0 Å². The maximum atomic E-state index is 12.0. The number of hydrogen-bond acceptors (Lipinski definition) is 3. The van der Waals surface area contributed by atoms with Crippen molar-refractivity contribution < 1.29 is 0 Å². The molecule has 0 amide bonds. The minimum atomic E-state index is 0.0820. The third kappa shape index (κ3) is 2.99. The minimum absolute atomic E-state index is 0.0820. The van der Waals surface area contributed by atoms with Crippen LogP contribution >= 0.6 is 0 Å². The largest absolute Gasteiger partial charge is 0.310 e. The first kappa shape index (κ1) is 13.3. The molecule has 1 N–H and O–H groups in total. The summed E-state index contributed by atoms with van der Waals surface area (Å²) in [5.74, 6) is 0.846. The highest BCUT2D eigenvalue weighted by Crippen LogP contribution is 2.14. The molecular formula is C14H23N3O. The lowest BCUT2D eigenvalue weighted by molar-refractivity contribution is 0.245. The van der Waals surface area contributed by atoms with Gasteiger partial charge >= 0.3 is 0 Å². The van der Waals surface area contributed by atoms with Crippen molar-refractivity contribution >= 4 is 0 Å². The summed E-state index contributed by atoms with van der Waals surface area (Å²) in [5, 5.41) is 0. The number of nitrogens with one attached hydrogen (secondary N) is 1. The van der Waals surface area contributed by atoms with E-state index in [1.165, 1.54) is 12.8 Å². The lowest BCUT2D eigenvalue weighted by atomic mass is 10.1. The Morgan fingerprint density at radius 1 is 1.33 bits per heavy atom. The van der Waals surface area contributed by atoms with E-state index in [1.54, 1.807) is 0 Å². The molecule has 0 radical (unpaired) electrons. The van der Waals surface area contributed by atoms with Crippen molar-refractivity contribution in [3.8, 4) is 0 Å². The van der Waals surface area contributed by atoms with E-state index < -0.39 is 0 Å². The monoisotopic (exact) mass is 249 g/mol. The van der Waals surface area contributed by atoms with Crippen LogP contribution in [0.15, 0.2) is 4.79 Å². The van der Waals surface area contributed by atoms with E-state index in [-0.39, 0.29) is 5.56 Å². The van der Waals surface area contributed by atoms with Crippen molar-refractivity contribution in [2.75, 3.05) is 13.1 Å². The fourth-order valence-electron chi connectivity index (χ4n) is 2.47. The minimum Gasteiger partial charge on any atom is -0.310 e. The summed E-state index contributed by atoms with van der Waals surface area (Å²) in [6.07, 6.45) is 5.15. The summed E-state index contributed by atoms with van der Waals surface area (Å²) in [7, 11) is 0. The van der Waals surface area contributed by atoms with Gasteiger partial charge < -0.3 is 4.98 Å². The predicted molar refractivity (Wildman–Crippen MR) is 72.7 cm³/mol. The van der Waals surface area contributed by atoms with Gasteiger partial charge in [0, 0.05) is 25.1 Å². The Balaban J connectivity index is 2.16. The van der Waals surface area contributed by atoms with Gasteiger partial charge in [-0.2, -0.15) is 0 Å². The smallest absolute Gasteiger partial charge is 0.254 e. The molecule has 0 aliphatic carbocycles. The first-order valence-corrected chi connectivity index (χ1v) is 7.07. The van der Waals surface area contributed by atoms with Crippen LogP contribution in [0, 0.1) is 0 Å². The third-order valence-corrected chi connectivity index (χ3v) is 3.52. The van der Waals surface area contributed by atoms with E-state index in [4.69, 9.17) is 0 Å². The van der Waals surface area contributed by atoms with Crippen LogP contribution in [0.1, 0.15) is 50.2 Å². The summed E-state index contributed by atoms with van der Waals surface area (Å²) >= 11 is 0. The summed E-state index contributed by atoms with van der Waals surface area (Å²) in [4.78, 5) is 21.9. The van der Waals surface area contributed by atoms with Gasteiger partial charge in [0.2, 0.25) is 0 Å². The second-order valence-corrected chi connectivity index (χ2v) is 5.07. The molecule has 4 heteroatoms. The Morgan fingerprint density at radius 3 is 2.89 bits per heavy atom. The van der Waals surface area contributed by atoms with Gasteiger partial charge in [-0.05, 0) is 25.8 Å². The van der Waals surface area contributed by atoms with Crippen molar-refractivity contribution in [3.05, 3.63) is 27.4 Å². The number of aromatic amines is 1. The molecule has 0 aromatic carbocycles. The number of hydrogen-bond donors (Lipinski definition) is 1. The van der Waals surface area contributed by atoms with Crippen LogP contribution < -0.4 is 5.56 Å². The maximum absolute atomic E-state index is 12.0. The van der Waals surface area contributed by atoms with Gasteiger partial charge in [-0.25, -0.2) is 4.98 Å². The van der Waals surface area contributed by atoms with Gasteiger partial charge in [0.15, 0.2) is 0 Å². The molecule has 4 nitrogen and oxygen atoms in total. The SMILES string of the molecule is CCCCN1CCc2c(nc(CCC)[nH]c2=O)C1. The Hall–Kier alpha value is -1.16. The Bertz CT molecular complexity index is 453. The lowest BCUT2D eigenvalue weighted by Crippen LogP contribution is -2.36. The van der Waals surface area contributed by atoms with E-state index in [1.807, 2.05) is 0 Å². The van der Waals surface area contributed by atoms with Gasteiger partial charge in [0.25, 0.3) is 5.56 Å². The van der Waals surface area contributed by atoms with E-state index in [0.29, 0.717) is 0 Å². The molecule has 2 rings (SSSR count). The van der Waals surface area contributed by atoms with Crippen LogP contribution in [0.5, 0.6) is 0 Å². The van der Waals surface area contributed by atoms with Crippen molar-refractivity contribution in [2.24, 2.45) is 0 Å². The van der Waals surface area contributed by atoms with Gasteiger partial charge in [0.1, 0.15) is 5.82 Å². The normalized spacial score (nSPS) is 15.7. The first-order valence-electron chi connectivity index (χ1n) is 7.07. The van der Waals surface area contributed by atoms with Crippen LogP contribution in [0.25, 0.3) is 0 Å². The number of nitrogens with zero attached hydrogens (tertiary/aromatic N) is 2. The summed E-state index contributed by atoms with van der Waals surface area (Å²) in [6, 6.07) is 0. The molecule has 2 heterocycles. The van der Waals surface area contributed by atoms with Crippen LogP contribution in [0.4, 0.5) is 0 Å². The van der Waals surface area contributed by atoms with Gasteiger partial charge in [0.05, 0.1) is 5.69 Å². The van der Waals surface area contributed by atoms with Crippen LogP contribution in [0.3, 0.4) is 0 Å². The molecule has 0 spiro atoms. The molecule has 0 saturated carbocycles. The highest BCUT2D eigenvalue weighted by molar-refractivity contribution is 5.20. The Morgan fingerprint density at radius 2 is 2.17 bits per heavy atom. The van der Waals surface area contributed by atoms with Crippen LogP contribution in [-0.2, 0) is 19.4 Å². The lowest BCUT2D eigenvalue weighted by Gasteiger charge is -2.27. The topological polar surface area (TPSA) is 49.0 Å². The summed E-state index contributed by atoms with van der Waals surface area (Å²) in [6.45, 7) is 7.27. The number of fused-ring (bicyclic) bond motifs is 1. The fraction of sp³-hybridized carbons (Fsp3) is 0.714. The average molecular weight is 249 g/mol. The standard InChI is InChI=1S/C14H23N3O/c1-3-5-8-17-9-7-11-12(10-17)15-13(6-4-2)16-14(11)18/h3-10H2,1-2H3,(H,15,16,18). The fourth-order valence-corrected chi connectivity index (χ4v) is 2.47. The van der Waals surface area contributed by atoms with Gasteiger partial charge in [-0.3, -0.25) is 9.69 Å². The quantitative estimate of drug-likeness (QED) is 0.867. The molecule has 0 saturated heterocycles. The van der Waals surface area contributed by atoms with Gasteiger partial charge in [-0.15, -0.1) is 0 Å². The molecular weight excluding hydrogens is 226 g/mol. The highest BCUT2D eigenvalue weighted by Gasteiger charge is 2.20. The molecule has 1 aliphatic rings. The molecule has 0 unspecified atom stereocenters. The molecule has 0 atom stereocenters. The molecule has 1 aliphatic heterocycles. The number of H-pyrrole nitrogens is 1. The Kier molecular flexibility index (Phi) is 4.53. The zero-order valence-electron chi connectivity index (χ0n) is 11.5. The number of aromatic nitrogens is 2. The molecule has 100 valence electrons. The van der Waals surface area contributed by atoms with Gasteiger partial charge in [-0.1, -0.05) is 20.3 Å². The van der Waals surface area contributed by atoms with E-state index >= 15 is 0 Å². The van der Waals surface area contributed by atoms with E-state index in [0.717, 1.165) is 56.0 Å². The summed E-state index contributed by atoms with van der Waals surface area (Å²) < 4.78 is 0. The highest BCUT2D eigenvalue weighted by atomic mass is 16.1. The number of rotatable bonds is 5. The maximum Gasteiger partial charge on any atom is 0.254 e. The van der Waals surface area contributed by atoms with Crippen molar-refractivity contribution in [2.45, 2.75) is 52.5 Å². The van der Waals surface area contributed by atoms with E-state index in [2.05, 4.69) is 28.7 Å². The predicted octanol–water partition coefficient (Wildman–Crippen LogP) is 1.88. The van der Waals surface area contributed by atoms with Crippen LogP contribution in [0.2, 0.25) is 0 Å².